The summed E-state index contributed by atoms with van der Waals surface area (Å²) in [6.45, 7) is 6.09. The monoisotopic (exact) mass is 886 g/mol. The van der Waals surface area contributed by atoms with Crippen molar-refractivity contribution in [2.75, 3.05) is 40.4 Å². The van der Waals surface area contributed by atoms with E-state index in [4.69, 9.17) is 15.2 Å². The molecule has 0 spiro atoms. The number of methoxy groups -OCH3 is 2. The van der Waals surface area contributed by atoms with E-state index in [2.05, 4.69) is 21.2 Å². The fourth-order valence-electron chi connectivity index (χ4n) is 8.05. The number of rotatable bonds is 8. The third kappa shape index (κ3) is 7.99. The number of halogens is 5. The van der Waals surface area contributed by atoms with Crippen molar-refractivity contribution >= 4 is 33.7 Å². The third-order valence-electron chi connectivity index (χ3n) is 11.0. The van der Waals surface area contributed by atoms with Gasteiger partial charge in [-0.1, -0.05) is 12.1 Å². The first-order valence-electron chi connectivity index (χ1n) is 19.0. The van der Waals surface area contributed by atoms with Crippen LogP contribution in [0, 0.1) is 23.3 Å². The van der Waals surface area contributed by atoms with Crippen molar-refractivity contribution in [3.63, 3.8) is 0 Å². The van der Waals surface area contributed by atoms with E-state index >= 15 is 0 Å². The second kappa shape index (κ2) is 17.8. The Morgan fingerprint density at radius 2 is 1.24 bits per heavy atom. The molecule has 3 N–H and O–H groups in total. The van der Waals surface area contributed by atoms with E-state index in [9.17, 15) is 41.5 Å². The Morgan fingerprint density at radius 3 is 1.71 bits per heavy atom. The first kappa shape index (κ1) is 43.1. The Balaban J connectivity index is 0.000000171. The number of aromatic nitrogens is 2. The Bertz CT molecular complexity index is 2460. The molecule has 2 unspecified atom stereocenters. The summed E-state index contributed by atoms with van der Waals surface area (Å²) >= 11 is 3.35. The number of carbonyl (C=O) groups is 3. The maximum Gasteiger partial charge on any atom is 0.274 e. The number of ether oxygens (including phenoxy) is 2. The molecule has 18 heteroatoms. The van der Waals surface area contributed by atoms with Crippen molar-refractivity contribution in [2.45, 2.75) is 64.7 Å². The zero-order valence-corrected chi connectivity index (χ0v) is 34.4. The summed E-state index contributed by atoms with van der Waals surface area (Å²) in [5.74, 6) is -3.75. The van der Waals surface area contributed by atoms with Gasteiger partial charge in [0.2, 0.25) is 10.9 Å². The lowest BCUT2D eigenvalue weighted by molar-refractivity contribution is 0.0669. The van der Waals surface area contributed by atoms with Crippen molar-refractivity contribution in [3.8, 4) is 11.5 Å². The van der Waals surface area contributed by atoms with E-state index in [0.29, 0.717) is 60.4 Å². The van der Waals surface area contributed by atoms with Crippen LogP contribution in [0.1, 0.15) is 92.6 Å². The van der Waals surface area contributed by atoms with Crippen LogP contribution in [0.4, 0.5) is 17.6 Å². The summed E-state index contributed by atoms with van der Waals surface area (Å²) in [5, 5.41) is 2.53. The fraction of sp³-hybridized carbons (Fsp3) is 0.390. The Kier molecular flexibility index (Phi) is 13.0. The highest BCUT2D eigenvalue weighted by Crippen LogP contribution is 2.39. The molecule has 6 heterocycles. The number of nitrogens with two attached hydrogens (primary N) is 1. The van der Waals surface area contributed by atoms with Crippen molar-refractivity contribution < 1.29 is 41.4 Å². The van der Waals surface area contributed by atoms with Gasteiger partial charge in [-0.15, -0.1) is 0 Å². The summed E-state index contributed by atoms with van der Waals surface area (Å²) in [6, 6.07) is 6.62. The van der Waals surface area contributed by atoms with Gasteiger partial charge in [-0.3, -0.25) is 24.0 Å². The molecule has 2 atom stereocenters. The lowest BCUT2D eigenvalue weighted by Gasteiger charge is -2.34. The average Bonchev–Trinajstić information content (AvgIpc) is 3.84. The molecule has 4 aromatic rings. The number of pyridine rings is 2. The number of hydrogen-bond donors (Lipinski definition) is 2. The largest absolute Gasteiger partial charge is 0.491 e. The predicted molar refractivity (Wildman–Crippen MR) is 212 cm³/mol. The minimum atomic E-state index is -0.787. The van der Waals surface area contributed by atoms with E-state index < -0.39 is 34.6 Å². The minimum Gasteiger partial charge on any atom is -0.491 e. The molecule has 59 heavy (non-hydrogen) atoms. The number of hydrogen-bond acceptors (Lipinski definition) is 8. The molecule has 0 saturated heterocycles. The highest BCUT2D eigenvalue weighted by Gasteiger charge is 2.42. The van der Waals surface area contributed by atoms with Crippen molar-refractivity contribution in [3.05, 3.63) is 124 Å². The summed E-state index contributed by atoms with van der Waals surface area (Å²) in [7, 11) is 2.73. The molecule has 314 valence electrons. The molecule has 4 aliphatic heterocycles. The smallest absolute Gasteiger partial charge is 0.274 e. The Morgan fingerprint density at radius 1 is 0.763 bits per heavy atom. The molecule has 0 saturated carbocycles. The first-order chi connectivity index (χ1) is 28.2. The standard InChI is InChI=1S/C21H21F2N3O4.C13H15BrN2O3.C7H7F2N/c1-3-25-10-13-6-7-15-16(18(27)19(30-2)17(21(25)29)26(13)15)20(28)24-9-11-4-5-12(22)8-14(11)23;1-3-15-6-7-4-5-8-9(14)11(17)12(19-2)10(13(15)18)16(7)8;8-6-2-1-5(4-10)7(9)3-6/h4-5,8,13H,3,6-7,9-10H2,1-2H3,(H,24,28);7H,3-6H2,1-2H3;1-3H,4,10H2. The van der Waals surface area contributed by atoms with Crippen LogP contribution in [0.2, 0.25) is 0 Å². The van der Waals surface area contributed by atoms with Gasteiger partial charge in [0.05, 0.1) is 30.8 Å². The van der Waals surface area contributed by atoms with Crippen molar-refractivity contribution in [1.29, 1.82) is 0 Å². The molecule has 0 aliphatic carbocycles. The molecule has 2 aromatic heterocycles. The number of likely N-dealkylation sites (N-methyl/N-ethyl adjacent to an activating group) is 2. The fourth-order valence-corrected chi connectivity index (χ4v) is 8.62. The normalized spacial score (nSPS) is 17.1. The SMILES string of the molecule is CCN1CC2CCc3c(Br)c(=O)c(OC)c(n32)C1=O.CCN1CC2CCc3c(C(=O)NCc4ccc(F)cc4F)c(=O)c(OC)c(n32)C1=O.NCc1ccc(F)cc1F. The number of carbonyl (C=O) groups excluding carboxylic acids is 3. The van der Waals surface area contributed by atoms with E-state index in [-0.39, 0.29) is 70.7 Å². The van der Waals surface area contributed by atoms with Crippen LogP contribution in [0.15, 0.2) is 50.5 Å². The lowest BCUT2D eigenvalue weighted by atomic mass is 10.1. The van der Waals surface area contributed by atoms with Gasteiger partial charge in [0, 0.05) is 73.9 Å². The zero-order chi connectivity index (χ0) is 42.9. The quantitative estimate of drug-likeness (QED) is 0.233. The molecule has 4 aliphatic rings. The number of nitrogens with one attached hydrogen (secondary N) is 1. The Labute approximate surface area is 344 Å². The average molecular weight is 888 g/mol. The van der Waals surface area contributed by atoms with Gasteiger partial charge in [0.1, 0.15) is 28.8 Å². The van der Waals surface area contributed by atoms with Gasteiger partial charge >= 0.3 is 0 Å². The highest BCUT2D eigenvalue weighted by atomic mass is 79.9. The molecule has 3 amide bonds. The van der Waals surface area contributed by atoms with Gasteiger partial charge in [-0.2, -0.15) is 0 Å². The van der Waals surface area contributed by atoms with E-state index in [0.717, 1.165) is 36.7 Å². The number of amides is 3. The van der Waals surface area contributed by atoms with Crippen LogP contribution in [0.3, 0.4) is 0 Å². The van der Waals surface area contributed by atoms with Crippen molar-refractivity contribution in [1.82, 2.24) is 24.3 Å². The van der Waals surface area contributed by atoms with Crippen molar-refractivity contribution in [2.24, 2.45) is 5.73 Å². The van der Waals surface area contributed by atoms with Gasteiger partial charge in [-0.05, 0) is 67.6 Å². The summed E-state index contributed by atoms with van der Waals surface area (Å²) in [4.78, 5) is 67.0. The maximum atomic E-state index is 13.9. The zero-order valence-electron chi connectivity index (χ0n) is 32.8. The van der Waals surface area contributed by atoms with E-state index in [1.54, 1.807) is 14.4 Å². The number of benzene rings is 2. The summed E-state index contributed by atoms with van der Waals surface area (Å²) < 4.78 is 66.4. The van der Waals surface area contributed by atoms with E-state index in [1.807, 2.05) is 18.4 Å². The summed E-state index contributed by atoms with van der Waals surface area (Å²) in [6.07, 6.45) is 2.94. The molecule has 8 rings (SSSR count). The van der Waals surface area contributed by atoms with Crippen LogP contribution in [0.5, 0.6) is 11.5 Å². The maximum absolute atomic E-state index is 13.9. The van der Waals surface area contributed by atoms with Gasteiger partial charge in [-0.25, -0.2) is 17.6 Å². The van der Waals surface area contributed by atoms with Crippen LogP contribution in [-0.2, 0) is 25.9 Å². The van der Waals surface area contributed by atoms with Crippen LogP contribution in [-0.4, -0.2) is 77.1 Å². The third-order valence-corrected chi connectivity index (χ3v) is 11.8. The second-order valence-electron chi connectivity index (χ2n) is 14.2. The highest BCUT2D eigenvalue weighted by molar-refractivity contribution is 9.10. The van der Waals surface area contributed by atoms with Crippen LogP contribution >= 0.6 is 15.9 Å². The first-order valence-corrected chi connectivity index (χ1v) is 19.8. The minimum absolute atomic E-state index is 0.0387. The van der Waals surface area contributed by atoms with Gasteiger partial charge in [0.15, 0.2) is 22.9 Å². The summed E-state index contributed by atoms with van der Waals surface area (Å²) in [5.41, 5.74) is 6.59. The van der Waals surface area contributed by atoms with Gasteiger partial charge < -0.3 is 39.5 Å². The molecule has 0 fully saturated rings. The molecule has 0 radical (unpaired) electrons. The van der Waals surface area contributed by atoms with Crippen LogP contribution in [0.25, 0.3) is 0 Å². The number of nitrogens with zero attached hydrogens (tertiary/aromatic N) is 4. The predicted octanol–water partition coefficient (Wildman–Crippen LogP) is 5.03. The van der Waals surface area contributed by atoms with E-state index in [1.165, 1.54) is 32.4 Å². The molecule has 13 nitrogen and oxygen atoms in total. The lowest BCUT2D eigenvalue weighted by Crippen LogP contribution is -2.44. The molecular formula is C41H43BrF4N6O7. The molecular weight excluding hydrogens is 844 g/mol. The topological polar surface area (TPSA) is 158 Å². The second-order valence-corrected chi connectivity index (χ2v) is 15.0. The molecule has 0 bridgehead atoms. The van der Waals surface area contributed by atoms with Crippen LogP contribution < -0.4 is 31.4 Å². The Hall–Kier alpha value is -5.49. The van der Waals surface area contributed by atoms with Gasteiger partial charge in [0.25, 0.3) is 17.7 Å². The molecule has 2 aromatic carbocycles.